The van der Waals surface area contributed by atoms with E-state index in [4.69, 9.17) is 13.9 Å². The summed E-state index contributed by atoms with van der Waals surface area (Å²) >= 11 is 0. The summed E-state index contributed by atoms with van der Waals surface area (Å²) in [5.74, 6) is -0.247. The first-order valence-corrected chi connectivity index (χ1v) is 8.08. The summed E-state index contributed by atoms with van der Waals surface area (Å²) in [7, 11) is 2.99. The molecule has 0 saturated carbocycles. The van der Waals surface area contributed by atoms with Gasteiger partial charge < -0.3 is 19.0 Å². The zero-order valence-corrected chi connectivity index (χ0v) is 14.7. The van der Waals surface area contributed by atoms with Crippen molar-refractivity contribution in [2.24, 2.45) is 0 Å². The third-order valence-electron chi connectivity index (χ3n) is 4.29. The van der Waals surface area contributed by atoms with Gasteiger partial charge in [-0.25, -0.2) is 0 Å². The minimum atomic E-state index is -0.844. The maximum atomic E-state index is 12.7. The number of amides is 1. The highest BCUT2D eigenvalue weighted by molar-refractivity contribution is 6.16. The number of hydrogen-bond acceptors (Lipinski definition) is 6. The average Bonchev–Trinajstić information content (AvgIpc) is 3.28. The molecule has 136 valence electrons. The number of rotatable bonds is 6. The van der Waals surface area contributed by atoms with Gasteiger partial charge in [0.2, 0.25) is 0 Å². The summed E-state index contributed by atoms with van der Waals surface area (Å²) in [6.45, 7) is 1.67. The zero-order valence-electron chi connectivity index (χ0n) is 14.7. The third kappa shape index (κ3) is 2.71. The molecule has 1 aliphatic heterocycles. The summed E-state index contributed by atoms with van der Waals surface area (Å²) in [5, 5.41) is 10.4. The molecule has 1 aromatic heterocycles. The van der Waals surface area contributed by atoms with Gasteiger partial charge in [0, 0.05) is 18.2 Å². The number of carbonyl (C=O) groups excluding carboxylic acids is 2. The van der Waals surface area contributed by atoms with Crippen molar-refractivity contribution in [3.63, 3.8) is 0 Å². The van der Waals surface area contributed by atoms with Crippen LogP contribution >= 0.6 is 0 Å². The van der Waals surface area contributed by atoms with Crippen LogP contribution in [0.1, 0.15) is 25.1 Å². The van der Waals surface area contributed by atoms with Gasteiger partial charge in [-0.2, -0.15) is 0 Å². The van der Waals surface area contributed by atoms with Gasteiger partial charge in [0.25, 0.3) is 5.91 Å². The number of hydrogen-bond donors (Lipinski definition) is 1. The summed E-state index contributed by atoms with van der Waals surface area (Å²) < 4.78 is 16.0. The smallest absolute Gasteiger partial charge is 0.294 e. The second-order valence-corrected chi connectivity index (χ2v) is 5.67. The van der Waals surface area contributed by atoms with Crippen LogP contribution in [0.4, 0.5) is 5.69 Å². The number of furan rings is 1. The molecule has 0 saturated heterocycles. The normalized spacial score (nSPS) is 17.0. The van der Waals surface area contributed by atoms with E-state index in [1.54, 1.807) is 37.3 Å². The van der Waals surface area contributed by atoms with Crippen molar-refractivity contribution in [1.29, 1.82) is 0 Å². The monoisotopic (exact) mass is 357 g/mol. The molecule has 1 aromatic carbocycles. The summed E-state index contributed by atoms with van der Waals surface area (Å²) in [6.07, 6.45) is 1.61. The Kier molecular flexibility index (Phi) is 4.71. The van der Waals surface area contributed by atoms with E-state index in [0.29, 0.717) is 22.9 Å². The van der Waals surface area contributed by atoms with Crippen molar-refractivity contribution >= 4 is 17.4 Å². The number of ether oxygens (including phenoxy) is 2. The van der Waals surface area contributed by atoms with E-state index in [9.17, 15) is 14.7 Å². The Balaban J connectivity index is 2.14. The van der Waals surface area contributed by atoms with Crippen molar-refractivity contribution in [2.75, 3.05) is 19.1 Å². The topological polar surface area (TPSA) is 89.2 Å². The first kappa shape index (κ1) is 17.6. The molecule has 1 unspecified atom stereocenters. The van der Waals surface area contributed by atoms with Crippen molar-refractivity contribution in [2.45, 2.75) is 19.4 Å². The van der Waals surface area contributed by atoms with E-state index < -0.39 is 17.7 Å². The zero-order chi connectivity index (χ0) is 18.8. The molecule has 2 aromatic rings. The standard InChI is InChI=1S/C19H19NO6/c1-4-12(21)16-17(14-6-5-9-26-14)20(19(23)18(16)22)11-7-8-13(24-2)15(10-11)25-3/h5-10,17,22H,4H2,1-3H3. The molecule has 1 N–H and O–H groups in total. The van der Waals surface area contributed by atoms with Gasteiger partial charge in [-0.05, 0) is 24.3 Å². The molecule has 0 bridgehead atoms. The van der Waals surface area contributed by atoms with Crippen molar-refractivity contribution in [1.82, 2.24) is 0 Å². The highest BCUT2D eigenvalue weighted by Gasteiger charge is 2.45. The predicted molar refractivity (Wildman–Crippen MR) is 93.4 cm³/mol. The molecule has 7 heteroatoms. The lowest BCUT2D eigenvalue weighted by Crippen LogP contribution is -2.30. The van der Waals surface area contributed by atoms with Crippen LogP contribution in [0.15, 0.2) is 52.3 Å². The lowest BCUT2D eigenvalue weighted by molar-refractivity contribution is -0.118. The number of anilines is 1. The number of benzene rings is 1. The van der Waals surface area contributed by atoms with Gasteiger partial charge >= 0.3 is 0 Å². The molecule has 7 nitrogen and oxygen atoms in total. The lowest BCUT2D eigenvalue weighted by atomic mass is 9.99. The van der Waals surface area contributed by atoms with Gasteiger partial charge in [-0.15, -0.1) is 0 Å². The Morgan fingerprint density at radius 3 is 2.54 bits per heavy atom. The van der Waals surface area contributed by atoms with Gasteiger partial charge in [0.05, 0.1) is 26.1 Å². The predicted octanol–water partition coefficient (Wildman–Crippen LogP) is 3.18. The molecule has 2 heterocycles. The van der Waals surface area contributed by atoms with Gasteiger partial charge in [0.15, 0.2) is 23.0 Å². The van der Waals surface area contributed by atoms with E-state index in [2.05, 4.69) is 0 Å². The van der Waals surface area contributed by atoms with Crippen LogP contribution in [-0.4, -0.2) is 31.0 Å². The number of aliphatic hydroxyl groups excluding tert-OH is 1. The first-order valence-electron chi connectivity index (χ1n) is 8.08. The second-order valence-electron chi connectivity index (χ2n) is 5.67. The Bertz CT molecular complexity index is 868. The number of ketones is 1. The summed E-state index contributed by atoms with van der Waals surface area (Å²) in [4.78, 5) is 26.5. The fourth-order valence-electron chi connectivity index (χ4n) is 3.04. The summed E-state index contributed by atoms with van der Waals surface area (Å²) in [6, 6.07) is 7.39. The second kappa shape index (κ2) is 6.95. The van der Waals surface area contributed by atoms with Crippen LogP contribution in [0.2, 0.25) is 0 Å². The minimum Gasteiger partial charge on any atom is -0.503 e. The largest absolute Gasteiger partial charge is 0.503 e. The van der Waals surface area contributed by atoms with Crippen molar-refractivity contribution in [3.05, 3.63) is 53.7 Å². The quantitative estimate of drug-likeness (QED) is 0.854. The van der Waals surface area contributed by atoms with E-state index in [0.717, 1.165) is 0 Å². The van der Waals surface area contributed by atoms with Crippen LogP contribution in [0, 0.1) is 0 Å². The third-order valence-corrected chi connectivity index (χ3v) is 4.29. The fraction of sp³-hybridized carbons (Fsp3) is 0.263. The van der Waals surface area contributed by atoms with E-state index in [1.165, 1.54) is 25.4 Å². The lowest BCUT2D eigenvalue weighted by Gasteiger charge is -2.25. The van der Waals surface area contributed by atoms with E-state index in [1.807, 2.05) is 0 Å². The highest BCUT2D eigenvalue weighted by atomic mass is 16.5. The number of carbonyl (C=O) groups is 2. The number of aliphatic hydroxyl groups is 1. The van der Waals surface area contributed by atoms with Crippen LogP contribution in [0.25, 0.3) is 0 Å². The molecule has 26 heavy (non-hydrogen) atoms. The maximum absolute atomic E-state index is 12.7. The maximum Gasteiger partial charge on any atom is 0.294 e. The highest BCUT2D eigenvalue weighted by Crippen LogP contribution is 2.43. The van der Waals surface area contributed by atoms with Crippen molar-refractivity contribution < 1.29 is 28.6 Å². The molecule has 0 radical (unpaired) electrons. The molecular weight excluding hydrogens is 338 g/mol. The minimum absolute atomic E-state index is 0.0298. The van der Waals surface area contributed by atoms with E-state index >= 15 is 0 Å². The van der Waals surface area contributed by atoms with Crippen LogP contribution in [-0.2, 0) is 9.59 Å². The molecule has 1 atom stereocenters. The van der Waals surface area contributed by atoms with Crippen LogP contribution < -0.4 is 14.4 Å². The molecule has 0 spiro atoms. The van der Waals surface area contributed by atoms with E-state index in [-0.39, 0.29) is 17.8 Å². The average molecular weight is 357 g/mol. The summed E-state index contributed by atoms with van der Waals surface area (Å²) in [5.41, 5.74) is 0.474. The number of nitrogens with zero attached hydrogens (tertiary/aromatic N) is 1. The van der Waals surface area contributed by atoms with Crippen LogP contribution in [0.5, 0.6) is 11.5 Å². The fourth-order valence-corrected chi connectivity index (χ4v) is 3.04. The molecule has 0 fully saturated rings. The SMILES string of the molecule is CCC(=O)C1=C(O)C(=O)N(c2ccc(OC)c(OC)c2)C1c1ccco1. The number of Topliss-reactive ketones (excluding diaryl/α,β-unsaturated/α-hetero) is 1. The van der Waals surface area contributed by atoms with Crippen LogP contribution in [0.3, 0.4) is 0 Å². The Morgan fingerprint density at radius 2 is 1.96 bits per heavy atom. The van der Waals surface area contributed by atoms with Gasteiger partial charge in [0.1, 0.15) is 11.8 Å². The van der Waals surface area contributed by atoms with Gasteiger partial charge in [-0.3, -0.25) is 14.5 Å². The first-order chi connectivity index (χ1) is 12.5. The van der Waals surface area contributed by atoms with Crippen molar-refractivity contribution in [3.8, 4) is 11.5 Å². The van der Waals surface area contributed by atoms with Gasteiger partial charge in [-0.1, -0.05) is 6.92 Å². The number of methoxy groups -OCH3 is 2. The molecule has 1 aliphatic rings. The molecule has 0 aliphatic carbocycles. The molecule has 3 rings (SSSR count). The Labute approximate surface area is 150 Å². The molecule has 1 amide bonds. The Morgan fingerprint density at radius 1 is 1.23 bits per heavy atom. The molecular formula is C19H19NO6. The Hall–Kier alpha value is -3.22.